The third-order valence-corrected chi connectivity index (χ3v) is 2.97. The molecule has 1 atom stereocenters. The first-order chi connectivity index (χ1) is 11.0. The Balaban J connectivity index is 2.41. The molecular weight excluding hydrogens is 300 g/mol. The van der Waals surface area contributed by atoms with Crippen molar-refractivity contribution in [2.24, 2.45) is 0 Å². The van der Waals surface area contributed by atoms with Gasteiger partial charge in [0.25, 0.3) is 5.91 Å². The number of carbonyl (C=O) groups is 3. The first kappa shape index (κ1) is 18.5. The zero-order valence-electron chi connectivity index (χ0n) is 13.5. The number of amides is 2. The molecule has 0 aromatic heterocycles. The van der Waals surface area contributed by atoms with E-state index in [4.69, 9.17) is 4.74 Å². The minimum Gasteiger partial charge on any atom is -0.484 e. The summed E-state index contributed by atoms with van der Waals surface area (Å²) >= 11 is 0. The maximum absolute atomic E-state index is 11.7. The molecule has 0 unspecified atom stereocenters. The minimum absolute atomic E-state index is 0.219. The molecule has 0 aliphatic carbocycles. The molecule has 23 heavy (non-hydrogen) atoms. The maximum Gasteiger partial charge on any atom is 0.337 e. The third kappa shape index (κ3) is 6.37. The van der Waals surface area contributed by atoms with Gasteiger partial charge in [0.1, 0.15) is 11.8 Å². The van der Waals surface area contributed by atoms with Crippen LogP contribution < -0.4 is 15.4 Å². The Morgan fingerprint density at radius 3 is 2.39 bits per heavy atom. The lowest BCUT2D eigenvalue weighted by atomic mass is 10.2. The molecule has 0 aliphatic rings. The van der Waals surface area contributed by atoms with Gasteiger partial charge in [-0.2, -0.15) is 0 Å². The highest BCUT2D eigenvalue weighted by Crippen LogP contribution is 2.12. The van der Waals surface area contributed by atoms with Gasteiger partial charge in [-0.3, -0.25) is 9.59 Å². The number of methoxy groups -OCH3 is 1. The van der Waals surface area contributed by atoms with E-state index in [2.05, 4.69) is 15.4 Å². The van der Waals surface area contributed by atoms with Gasteiger partial charge in [-0.1, -0.05) is 6.92 Å². The van der Waals surface area contributed by atoms with Crippen LogP contribution >= 0.6 is 0 Å². The van der Waals surface area contributed by atoms with E-state index < -0.39 is 17.9 Å². The van der Waals surface area contributed by atoms with Crippen molar-refractivity contribution in [1.82, 2.24) is 10.6 Å². The smallest absolute Gasteiger partial charge is 0.337 e. The van der Waals surface area contributed by atoms with E-state index in [1.54, 1.807) is 31.2 Å². The van der Waals surface area contributed by atoms with Crippen LogP contribution in [0.2, 0.25) is 0 Å². The summed E-state index contributed by atoms with van der Waals surface area (Å²) in [5, 5.41) is 5.24. The number of benzene rings is 1. The standard InChI is InChI=1S/C16H22N2O5/c1-4-9-17-15(20)11(2)18-14(19)10-23-13-7-5-12(6-8-13)16(21)22-3/h5-8,11H,4,9-10H2,1-3H3,(H,17,20)(H,18,19)/t11-/m1/s1. The molecule has 1 aromatic rings. The van der Waals surface area contributed by atoms with Crippen molar-refractivity contribution in [1.29, 1.82) is 0 Å². The Bertz CT molecular complexity index is 542. The average molecular weight is 322 g/mol. The second-order valence-corrected chi connectivity index (χ2v) is 4.88. The van der Waals surface area contributed by atoms with Crippen LogP contribution in [-0.2, 0) is 14.3 Å². The first-order valence-corrected chi connectivity index (χ1v) is 7.36. The Hall–Kier alpha value is -2.57. The minimum atomic E-state index is -0.626. The van der Waals surface area contributed by atoms with E-state index in [1.165, 1.54) is 7.11 Å². The number of esters is 1. The van der Waals surface area contributed by atoms with Gasteiger partial charge in [-0.25, -0.2) is 4.79 Å². The summed E-state index contributed by atoms with van der Waals surface area (Å²) in [6.45, 7) is 3.90. The summed E-state index contributed by atoms with van der Waals surface area (Å²) in [5.74, 6) is -0.638. The fraction of sp³-hybridized carbons (Fsp3) is 0.438. The quantitative estimate of drug-likeness (QED) is 0.693. The molecule has 2 amide bonds. The highest BCUT2D eigenvalue weighted by molar-refractivity contribution is 5.89. The summed E-state index contributed by atoms with van der Waals surface area (Å²) in [7, 11) is 1.30. The molecule has 0 heterocycles. The Kier molecular flexibility index (Phi) is 7.59. The fourth-order valence-electron chi connectivity index (χ4n) is 1.70. The van der Waals surface area contributed by atoms with Crippen molar-refractivity contribution in [3.05, 3.63) is 29.8 Å². The molecule has 0 spiro atoms. The molecule has 0 radical (unpaired) electrons. The molecule has 0 saturated carbocycles. The highest BCUT2D eigenvalue weighted by Gasteiger charge is 2.15. The van der Waals surface area contributed by atoms with Crippen molar-refractivity contribution in [3.8, 4) is 5.75 Å². The first-order valence-electron chi connectivity index (χ1n) is 7.36. The van der Waals surface area contributed by atoms with Crippen molar-refractivity contribution < 1.29 is 23.9 Å². The van der Waals surface area contributed by atoms with E-state index >= 15 is 0 Å². The van der Waals surface area contributed by atoms with E-state index in [0.717, 1.165) is 6.42 Å². The van der Waals surface area contributed by atoms with Crippen molar-refractivity contribution >= 4 is 17.8 Å². The molecule has 0 aliphatic heterocycles. The fourth-order valence-corrected chi connectivity index (χ4v) is 1.70. The van der Waals surface area contributed by atoms with Gasteiger partial charge in [0.15, 0.2) is 6.61 Å². The molecular formula is C16H22N2O5. The Morgan fingerprint density at radius 2 is 1.83 bits per heavy atom. The van der Waals surface area contributed by atoms with Crippen LogP contribution in [0.15, 0.2) is 24.3 Å². The van der Waals surface area contributed by atoms with Crippen molar-refractivity contribution in [2.45, 2.75) is 26.3 Å². The summed E-state index contributed by atoms with van der Waals surface area (Å²) in [6.07, 6.45) is 0.830. The number of ether oxygens (including phenoxy) is 2. The third-order valence-electron chi connectivity index (χ3n) is 2.97. The van der Waals surface area contributed by atoms with E-state index in [-0.39, 0.29) is 12.5 Å². The number of nitrogens with one attached hydrogen (secondary N) is 2. The van der Waals surface area contributed by atoms with E-state index in [1.807, 2.05) is 6.92 Å². The molecule has 126 valence electrons. The van der Waals surface area contributed by atoms with Crippen LogP contribution in [0.25, 0.3) is 0 Å². The van der Waals surface area contributed by atoms with Crippen molar-refractivity contribution in [2.75, 3.05) is 20.3 Å². The largest absolute Gasteiger partial charge is 0.484 e. The lowest BCUT2D eigenvalue weighted by Crippen LogP contribution is -2.46. The number of rotatable bonds is 8. The number of hydrogen-bond acceptors (Lipinski definition) is 5. The lowest BCUT2D eigenvalue weighted by molar-refractivity contribution is -0.129. The summed E-state index contributed by atoms with van der Waals surface area (Å²) in [4.78, 5) is 34.7. The lowest BCUT2D eigenvalue weighted by Gasteiger charge is -2.14. The summed E-state index contributed by atoms with van der Waals surface area (Å²) in [5.41, 5.74) is 0.394. The normalized spacial score (nSPS) is 11.3. The summed E-state index contributed by atoms with van der Waals surface area (Å²) < 4.78 is 9.89. The van der Waals surface area contributed by atoms with Crippen LogP contribution in [0, 0.1) is 0 Å². The SMILES string of the molecule is CCCNC(=O)[C@@H](C)NC(=O)COc1ccc(C(=O)OC)cc1. The molecule has 1 rings (SSSR count). The van der Waals surface area contributed by atoms with Gasteiger partial charge < -0.3 is 20.1 Å². The Morgan fingerprint density at radius 1 is 1.17 bits per heavy atom. The second kappa shape index (κ2) is 9.45. The molecule has 1 aromatic carbocycles. The zero-order valence-corrected chi connectivity index (χ0v) is 13.5. The predicted octanol–water partition coefficient (Wildman–Crippen LogP) is 0.883. The van der Waals surface area contributed by atoms with Gasteiger partial charge in [0.2, 0.25) is 5.91 Å². The zero-order chi connectivity index (χ0) is 17.2. The van der Waals surface area contributed by atoms with Gasteiger partial charge >= 0.3 is 5.97 Å². The van der Waals surface area contributed by atoms with Crippen LogP contribution in [0.1, 0.15) is 30.6 Å². The molecule has 0 fully saturated rings. The van der Waals surface area contributed by atoms with Crippen LogP contribution in [-0.4, -0.2) is 44.1 Å². The van der Waals surface area contributed by atoms with Crippen LogP contribution in [0.5, 0.6) is 5.75 Å². The average Bonchev–Trinajstić information content (AvgIpc) is 2.57. The molecule has 7 heteroatoms. The maximum atomic E-state index is 11.7. The molecule has 2 N–H and O–H groups in total. The van der Waals surface area contributed by atoms with E-state index in [9.17, 15) is 14.4 Å². The van der Waals surface area contributed by atoms with Crippen LogP contribution in [0.4, 0.5) is 0 Å². The van der Waals surface area contributed by atoms with Gasteiger partial charge in [-0.05, 0) is 37.6 Å². The highest BCUT2D eigenvalue weighted by atomic mass is 16.5. The predicted molar refractivity (Wildman–Crippen MR) is 84.2 cm³/mol. The monoisotopic (exact) mass is 322 g/mol. The van der Waals surface area contributed by atoms with E-state index in [0.29, 0.717) is 17.9 Å². The van der Waals surface area contributed by atoms with Gasteiger partial charge in [-0.15, -0.1) is 0 Å². The molecule has 7 nitrogen and oxygen atoms in total. The number of hydrogen-bond donors (Lipinski definition) is 2. The van der Waals surface area contributed by atoms with Crippen molar-refractivity contribution in [3.63, 3.8) is 0 Å². The van der Waals surface area contributed by atoms with Gasteiger partial charge in [0, 0.05) is 6.54 Å². The molecule has 0 bridgehead atoms. The second-order valence-electron chi connectivity index (χ2n) is 4.88. The molecule has 0 saturated heterocycles. The number of carbonyl (C=O) groups excluding carboxylic acids is 3. The topological polar surface area (TPSA) is 93.7 Å². The van der Waals surface area contributed by atoms with Crippen LogP contribution in [0.3, 0.4) is 0 Å². The summed E-state index contributed by atoms with van der Waals surface area (Å²) in [6, 6.07) is 5.59. The van der Waals surface area contributed by atoms with Gasteiger partial charge in [0.05, 0.1) is 12.7 Å². The Labute approximate surface area is 135 Å².